The topological polar surface area (TPSA) is 66.8 Å². The molecule has 0 aromatic carbocycles. The zero-order chi connectivity index (χ0) is 36.2. The third kappa shape index (κ3) is 11.5. The maximum atomic E-state index is 12.8. The van der Waals surface area contributed by atoms with E-state index in [0.29, 0.717) is 22.7 Å². The Labute approximate surface area is 309 Å². The van der Waals surface area contributed by atoms with Crippen molar-refractivity contribution in [2.75, 3.05) is 6.61 Å². The lowest BCUT2D eigenvalue weighted by molar-refractivity contribution is -0.152. The number of hydrogen-bond acceptors (Lipinski definition) is 4. The first-order chi connectivity index (χ1) is 23.9. The normalized spacial score (nSPS) is 33.1. The average Bonchev–Trinajstić information content (AvgIpc) is 3.42. The van der Waals surface area contributed by atoms with Crippen LogP contribution in [0.3, 0.4) is 0 Å². The van der Waals surface area contributed by atoms with Crippen molar-refractivity contribution in [1.29, 1.82) is 0 Å². The molecule has 3 saturated carbocycles. The second-order valence-corrected chi connectivity index (χ2v) is 18.8. The predicted octanol–water partition coefficient (Wildman–Crippen LogP) is 12.2. The van der Waals surface area contributed by atoms with Crippen LogP contribution in [0.15, 0.2) is 24.3 Å². The molecule has 0 aromatic rings. The maximum Gasteiger partial charge on any atom is 0.189 e. The third-order valence-corrected chi connectivity index (χ3v) is 14.6. The van der Waals surface area contributed by atoms with Crippen molar-refractivity contribution in [2.45, 2.75) is 201 Å². The molecule has 0 amide bonds. The Balaban J connectivity index is 1.15. The van der Waals surface area contributed by atoms with E-state index in [0.717, 1.165) is 61.7 Å². The number of ether oxygens (including phenoxy) is 1. The van der Waals surface area contributed by atoms with Crippen molar-refractivity contribution in [3.05, 3.63) is 24.3 Å². The lowest BCUT2D eigenvalue weighted by Crippen LogP contribution is -2.52. The third-order valence-electron chi connectivity index (χ3n) is 14.6. The van der Waals surface area contributed by atoms with Crippen LogP contribution in [-0.4, -0.2) is 34.5 Å². The van der Waals surface area contributed by atoms with Gasteiger partial charge in [0.1, 0.15) is 6.61 Å². The van der Waals surface area contributed by atoms with Crippen LogP contribution in [0, 0.1) is 52.3 Å². The molecule has 0 spiro atoms. The summed E-state index contributed by atoms with van der Waals surface area (Å²) in [6.45, 7) is 14.7. The smallest absolute Gasteiger partial charge is 0.189 e. The number of carbonyl (C=O) groups excluding carboxylic acids is 1. The molecule has 288 valence electrons. The number of hydrogen-bond donors (Lipinski definition) is 2. The van der Waals surface area contributed by atoms with Crippen LogP contribution in [0.5, 0.6) is 0 Å². The van der Waals surface area contributed by atoms with Crippen molar-refractivity contribution in [3.8, 4) is 0 Å². The quantitative estimate of drug-likeness (QED) is 0.0634. The van der Waals surface area contributed by atoms with E-state index >= 15 is 0 Å². The number of rotatable bonds is 23. The summed E-state index contributed by atoms with van der Waals surface area (Å²) in [5.74, 6) is 3.00. The standard InChI is InChI=1S/C46H80O4/c1-7-8-9-10-11-12-13-14-15-16-17-18-19-29-46(48,49)33-38(47)34-50-39-27-30-44(5)37(32-39)23-24-40-42-26-25-41(36(4)22-20-21-35(2)3)45(42,6)31-28-43(40)44/h19,23-24,29,35-37,39-43,48-49H,7-18,20-22,25-28,30-34H2,1-6H3/b29-19+. The number of allylic oxidation sites excluding steroid dienone is 3. The molecule has 0 aliphatic heterocycles. The fraction of sp³-hybridized carbons (Fsp3) is 0.891. The van der Waals surface area contributed by atoms with Gasteiger partial charge in [0, 0.05) is 0 Å². The highest BCUT2D eigenvalue weighted by molar-refractivity contribution is 5.80. The second-order valence-electron chi connectivity index (χ2n) is 18.8. The van der Waals surface area contributed by atoms with E-state index < -0.39 is 5.79 Å². The first kappa shape index (κ1) is 41.8. The van der Waals surface area contributed by atoms with Crippen LogP contribution in [0.1, 0.15) is 189 Å². The molecule has 4 heteroatoms. The van der Waals surface area contributed by atoms with Gasteiger partial charge in [-0.3, -0.25) is 4.79 Å². The number of aliphatic hydroxyl groups is 2. The van der Waals surface area contributed by atoms with Crippen molar-refractivity contribution in [1.82, 2.24) is 0 Å². The minimum Gasteiger partial charge on any atom is -0.370 e. The van der Waals surface area contributed by atoms with E-state index in [1.165, 1.54) is 115 Å². The Kier molecular flexibility index (Phi) is 16.6. The van der Waals surface area contributed by atoms with Gasteiger partial charge in [0.25, 0.3) is 0 Å². The number of carbonyl (C=O) groups is 1. The van der Waals surface area contributed by atoms with E-state index in [4.69, 9.17) is 4.74 Å². The van der Waals surface area contributed by atoms with Gasteiger partial charge < -0.3 is 14.9 Å². The van der Waals surface area contributed by atoms with Crippen LogP contribution in [-0.2, 0) is 9.53 Å². The Bertz CT molecular complexity index is 1060. The lowest BCUT2D eigenvalue weighted by Gasteiger charge is -2.59. The van der Waals surface area contributed by atoms with Crippen LogP contribution in [0.2, 0.25) is 0 Å². The van der Waals surface area contributed by atoms with Crippen LogP contribution >= 0.6 is 0 Å². The average molecular weight is 697 g/mol. The fourth-order valence-corrected chi connectivity index (χ4v) is 11.6. The van der Waals surface area contributed by atoms with Gasteiger partial charge in [-0.25, -0.2) is 0 Å². The van der Waals surface area contributed by atoms with Gasteiger partial charge in [0.15, 0.2) is 11.6 Å². The Morgan fingerprint density at radius 2 is 1.46 bits per heavy atom. The van der Waals surface area contributed by atoms with Gasteiger partial charge in [-0.1, -0.05) is 143 Å². The lowest BCUT2D eigenvalue weighted by atomic mass is 9.46. The molecule has 0 bridgehead atoms. The van der Waals surface area contributed by atoms with E-state index in [9.17, 15) is 15.0 Å². The molecule has 0 heterocycles. The van der Waals surface area contributed by atoms with Gasteiger partial charge in [0.2, 0.25) is 0 Å². The van der Waals surface area contributed by atoms with Gasteiger partial charge >= 0.3 is 0 Å². The van der Waals surface area contributed by atoms with Crippen LogP contribution < -0.4 is 0 Å². The molecular weight excluding hydrogens is 617 g/mol. The minimum absolute atomic E-state index is 0.0314. The molecule has 4 nitrogen and oxygen atoms in total. The largest absolute Gasteiger partial charge is 0.370 e. The summed E-state index contributed by atoms with van der Waals surface area (Å²) < 4.78 is 6.19. The van der Waals surface area contributed by atoms with Crippen LogP contribution in [0.4, 0.5) is 0 Å². The summed E-state index contributed by atoms with van der Waals surface area (Å²) >= 11 is 0. The molecule has 0 radical (unpaired) electrons. The summed E-state index contributed by atoms with van der Waals surface area (Å²) in [5, 5.41) is 20.9. The molecule has 4 aliphatic carbocycles. The van der Waals surface area contributed by atoms with E-state index in [1.807, 2.05) is 6.08 Å². The van der Waals surface area contributed by atoms with Crippen molar-refractivity contribution in [3.63, 3.8) is 0 Å². The maximum absolute atomic E-state index is 12.8. The molecule has 3 fully saturated rings. The highest BCUT2D eigenvalue weighted by Gasteiger charge is 2.59. The number of ketones is 1. The molecule has 9 unspecified atom stereocenters. The summed E-state index contributed by atoms with van der Waals surface area (Å²) in [6, 6.07) is 0. The summed E-state index contributed by atoms with van der Waals surface area (Å²) in [7, 11) is 0. The summed E-state index contributed by atoms with van der Waals surface area (Å²) in [5.41, 5.74) is 0.804. The summed E-state index contributed by atoms with van der Waals surface area (Å²) in [4.78, 5) is 12.8. The minimum atomic E-state index is -2.09. The van der Waals surface area contributed by atoms with Crippen LogP contribution in [0.25, 0.3) is 0 Å². The van der Waals surface area contributed by atoms with Gasteiger partial charge in [-0.15, -0.1) is 0 Å². The zero-order valence-corrected chi connectivity index (χ0v) is 33.6. The van der Waals surface area contributed by atoms with Crippen molar-refractivity contribution >= 4 is 5.78 Å². The second kappa shape index (κ2) is 19.9. The van der Waals surface area contributed by atoms with E-state index in [-0.39, 0.29) is 24.9 Å². The van der Waals surface area contributed by atoms with Gasteiger partial charge in [-0.2, -0.15) is 0 Å². The van der Waals surface area contributed by atoms with E-state index in [2.05, 4.69) is 53.7 Å². The molecule has 0 aromatic heterocycles. The molecule has 9 atom stereocenters. The highest BCUT2D eigenvalue weighted by atomic mass is 16.5. The SMILES string of the molecule is CCCCCCCCCCCCC/C=C/C(O)(O)CC(=O)COC1CCC2(C)C(C=CC3C2CCC2(C)C(C(C)CCCC(C)C)CCC32)C1. The fourth-order valence-electron chi connectivity index (χ4n) is 11.6. The summed E-state index contributed by atoms with van der Waals surface area (Å²) in [6.07, 6.45) is 36.1. The Hall–Kier alpha value is -0.970. The van der Waals surface area contributed by atoms with Crippen molar-refractivity contribution < 1.29 is 19.7 Å². The van der Waals surface area contributed by atoms with Gasteiger partial charge in [0.05, 0.1) is 12.5 Å². The molecule has 0 saturated heterocycles. The van der Waals surface area contributed by atoms with Gasteiger partial charge in [-0.05, 0) is 116 Å². The number of fused-ring (bicyclic) bond motifs is 5. The molecule has 4 aliphatic rings. The molecule has 50 heavy (non-hydrogen) atoms. The molecular formula is C46H80O4. The van der Waals surface area contributed by atoms with E-state index in [1.54, 1.807) is 0 Å². The zero-order valence-electron chi connectivity index (χ0n) is 33.6. The first-order valence-corrected chi connectivity index (χ1v) is 21.8. The first-order valence-electron chi connectivity index (χ1n) is 21.8. The Morgan fingerprint density at radius 3 is 2.14 bits per heavy atom. The number of unbranched alkanes of at least 4 members (excludes halogenated alkanes) is 11. The predicted molar refractivity (Wildman–Crippen MR) is 210 cm³/mol. The highest BCUT2D eigenvalue weighted by Crippen LogP contribution is 2.67. The molecule has 4 rings (SSSR count). The molecule has 2 N–H and O–H groups in total. The monoisotopic (exact) mass is 697 g/mol. The Morgan fingerprint density at radius 1 is 0.820 bits per heavy atom. The van der Waals surface area contributed by atoms with Crippen molar-refractivity contribution in [2.24, 2.45) is 52.3 Å². The number of Topliss-reactive ketones (excluding diaryl/α,β-unsaturated/α-hetero) is 1.